The highest BCUT2D eigenvalue weighted by Gasteiger charge is 2.23. The Morgan fingerprint density at radius 3 is 2.58 bits per heavy atom. The number of fused-ring (bicyclic) bond motifs is 1. The lowest BCUT2D eigenvalue weighted by Gasteiger charge is -2.28. The third kappa shape index (κ3) is 6.49. The monoisotopic (exact) mass is 430 g/mol. The maximum atomic E-state index is 13.3. The number of carbonyl (C=O) groups excluding carboxylic acids is 2. The van der Waals surface area contributed by atoms with Crippen LogP contribution in [0.2, 0.25) is 0 Å². The molecular formula is C23H30N2O6. The molecule has 2 heterocycles. The number of nitrogens with zero attached hydrogens (tertiary/aromatic N) is 2. The molecule has 0 radical (unpaired) electrons. The van der Waals surface area contributed by atoms with Gasteiger partial charge in [0.1, 0.15) is 5.76 Å². The highest BCUT2D eigenvalue weighted by molar-refractivity contribution is 5.85. The molecule has 0 fully saturated rings. The van der Waals surface area contributed by atoms with E-state index in [0.717, 1.165) is 5.56 Å². The van der Waals surface area contributed by atoms with Crippen LogP contribution in [0.25, 0.3) is 0 Å². The Labute approximate surface area is 182 Å². The second-order valence-electron chi connectivity index (χ2n) is 7.92. The van der Waals surface area contributed by atoms with Crippen molar-refractivity contribution in [3.05, 3.63) is 47.9 Å². The van der Waals surface area contributed by atoms with Crippen molar-refractivity contribution in [2.24, 2.45) is 5.92 Å². The summed E-state index contributed by atoms with van der Waals surface area (Å²) in [6, 6.07) is 9.23. The molecule has 0 unspecified atom stereocenters. The van der Waals surface area contributed by atoms with Gasteiger partial charge in [0.15, 0.2) is 11.5 Å². The minimum Gasteiger partial charge on any atom is -0.467 e. The van der Waals surface area contributed by atoms with Crippen LogP contribution in [-0.4, -0.2) is 55.2 Å². The van der Waals surface area contributed by atoms with E-state index in [1.807, 2.05) is 38.1 Å². The third-order valence-corrected chi connectivity index (χ3v) is 4.92. The first-order valence-electron chi connectivity index (χ1n) is 10.4. The van der Waals surface area contributed by atoms with E-state index in [2.05, 4.69) is 0 Å². The zero-order valence-electron chi connectivity index (χ0n) is 18.3. The van der Waals surface area contributed by atoms with E-state index in [9.17, 15) is 9.59 Å². The largest absolute Gasteiger partial charge is 0.467 e. The smallest absolute Gasteiger partial charge is 0.242 e. The maximum absolute atomic E-state index is 13.3. The van der Waals surface area contributed by atoms with E-state index in [0.29, 0.717) is 49.9 Å². The number of amides is 2. The summed E-state index contributed by atoms with van der Waals surface area (Å²) >= 11 is 0. The number of hydrogen-bond donors (Lipinski definition) is 0. The first kappa shape index (κ1) is 22.7. The van der Waals surface area contributed by atoms with Crippen molar-refractivity contribution in [3.8, 4) is 11.5 Å². The average molecular weight is 431 g/mol. The van der Waals surface area contributed by atoms with Crippen molar-refractivity contribution >= 4 is 11.8 Å². The summed E-state index contributed by atoms with van der Waals surface area (Å²) in [4.78, 5) is 29.2. The average Bonchev–Trinajstić information content (AvgIpc) is 3.41. The van der Waals surface area contributed by atoms with Gasteiger partial charge in [0.2, 0.25) is 18.6 Å². The van der Waals surface area contributed by atoms with E-state index < -0.39 is 0 Å². The fraction of sp³-hybridized carbons (Fsp3) is 0.478. The minimum absolute atomic E-state index is 0.0137. The molecule has 0 saturated heterocycles. The van der Waals surface area contributed by atoms with Crippen LogP contribution < -0.4 is 9.47 Å². The van der Waals surface area contributed by atoms with Crippen molar-refractivity contribution in [1.82, 2.24) is 9.80 Å². The molecule has 0 spiro atoms. The highest BCUT2D eigenvalue weighted by atomic mass is 16.7. The highest BCUT2D eigenvalue weighted by Crippen LogP contribution is 2.33. The molecule has 0 aliphatic carbocycles. The van der Waals surface area contributed by atoms with Crippen LogP contribution in [0.3, 0.4) is 0 Å². The Balaban J connectivity index is 1.74. The second-order valence-corrected chi connectivity index (χ2v) is 7.92. The van der Waals surface area contributed by atoms with Gasteiger partial charge in [0, 0.05) is 26.6 Å². The Morgan fingerprint density at radius 1 is 1.06 bits per heavy atom. The summed E-state index contributed by atoms with van der Waals surface area (Å²) in [5.74, 6) is 2.02. The van der Waals surface area contributed by atoms with Crippen molar-refractivity contribution in [3.63, 3.8) is 0 Å². The number of carbonyl (C=O) groups is 2. The zero-order chi connectivity index (χ0) is 22.2. The number of methoxy groups -OCH3 is 1. The molecule has 31 heavy (non-hydrogen) atoms. The zero-order valence-corrected chi connectivity index (χ0v) is 18.3. The lowest BCUT2D eigenvalue weighted by molar-refractivity contribution is -0.142. The van der Waals surface area contributed by atoms with Crippen LogP contribution in [0.5, 0.6) is 11.5 Å². The third-order valence-electron chi connectivity index (χ3n) is 4.92. The normalized spacial score (nSPS) is 12.3. The number of furan rings is 1. The van der Waals surface area contributed by atoms with E-state index >= 15 is 0 Å². The van der Waals surface area contributed by atoms with Crippen molar-refractivity contribution < 1.29 is 28.2 Å². The van der Waals surface area contributed by atoms with Gasteiger partial charge >= 0.3 is 0 Å². The fourth-order valence-corrected chi connectivity index (χ4v) is 3.32. The summed E-state index contributed by atoms with van der Waals surface area (Å²) in [6.07, 6.45) is 1.97. The van der Waals surface area contributed by atoms with Crippen LogP contribution in [0, 0.1) is 5.92 Å². The summed E-state index contributed by atoms with van der Waals surface area (Å²) in [5.41, 5.74) is 0.904. The van der Waals surface area contributed by atoms with Gasteiger partial charge in [-0.3, -0.25) is 9.59 Å². The molecule has 0 atom stereocenters. The van der Waals surface area contributed by atoms with E-state index in [-0.39, 0.29) is 31.1 Å². The molecule has 8 heteroatoms. The van der Waals surface area contributed by atoms with Gasteiger partial charge in [-0.05, 0) is 35.7 Å². The minimum atomic E-state index is -0.165. The number of ether oxygens (including phenoxy) is 3. The summed E-state index contributed by atoms with van der Waals surface area (Å²) in [6.45, 7) is 5.54. The predicted octanol–water partition coefficient (Wildman–Crippen LogP) is 3.06. The van der Waals surface area contributed by atoms with E-state index in [4.69, 9.17) is 18.6 Å². The Bertz CT molecular complexity index is 865. The number of rotatable bonds is 11. The number of benzene rings is 1. The van der Waals surface area contributed by atoms with E-state index in [1.165, 1.54) is 0 Å². The van der Waals surface area contributed by atoms with Crippen LogP contribution in [0.1, 0.15) is 31.6 Å². The van der Waals surface area contributed by atoms with E-state index in [1.54, 1.807) is 29.2 Å². The molecule has 1 aromatic carbocycles. The molecule has 0 saturated carbocycles. The molecule has 1 aliphatic heterocycles. The lowest BCUT2D eigenvalue weighted by atomic mass is 10.1. The Morgan fingerprint density at radius 2 is 1.87 bits per heavy atom. The van der Waals surface area contributed by atoms with Gasteiger partial charge in [-0.25, -0.2) is 0 Å². The van der Waals surface area contributed by atoms with Crippen LogP contribution >= 0.6 is 0 Å². The van der Waals surface area contributed by atoms with Crippen molar-refractivity contribution in [2.45, 2.75) is 33.4 Å². The molecule has 8 nitrogen and oxygen atoms in total. The second kappa shape index (κ2) is 10.9. The first-order chi connectivity index (χ1) is 15.0. The summed E-state index contributed by atoms with van der Waals surface area (Å²) in [7, 11) is 1.58. The van der Waals surface area contributed by atoms with Crippen molar-refractivity contribution in [2.75, 3.05) is 33.6 Å². The van der Waals surface area contributed by atoms with Gasteiger partial charge < -0.3 is 28.4 Å². The van der Waals surface area contributed by atoms with Crippen LogP contribution in [0.4, 0.5) is 0 Å². The molecular weight excluding hydrogens is 400 g/mol. The molecule has 168 valence electrons. The van der Waals surface area contributed by atoms with Gasteiger partial charge in [-0.2, -0.15) is 0 Å². The van der Waals surface area contributed by atoms with Gasteiger partial charge in [0.25, 0.3) is 0 Å². The molecule has 0 bridgehead atoms. The van der Waals surface area contributed by atoms with Crippen LogP contribution in [0.15, 0.2) is 41.0 Å². The Kier molecular flexibility index (Phi) is 7.94. The van der Waals surface area contributed by atoms with Crippen molar-refractivity contribution in [1.29, 1.82) is 0 Å². The van der Waals surface area contributed by atoms with Gasteiger partial charge in [-0.1, -0.05) is 19.9 Å². The molecule has 2 aromatic rings. The topological polar surface area (TPSA) is 81.5 Å². The molecule has 2 amide bonds. The predicted molar refractivity (Wildman–Crippen MR) is 113 cm³/mol. The maximum Gasteiger partial charge on any atom is 0.242 e. The lowest BCUT2D eigenvalue weighted by Crippen LogP contribution is -2.44. The van der Waals surface area contributed by atoms with Crippen LogP contribution in [-0.2, 0) is 27.4 Å². The quantitative estimate of drug-likeness (QED) is 0.545. The summed E-state index contributed by atoms with van der Waals surface area (Å²) < 4.78 is 21.4. The fourth-order valence-electron chi connectivity index (χ4n) is 3.32. The standard InChI is InChI=1S/C23H30N2O6/c1-17(2)11-22(26)24(8-10-28-3)15-23(27)25(14-19-5-4-9-29-19)13-18-6-7-20-21(12-18)31-16-30-20/h4-7,9,12,17H,8,10-11,13-16H2,1-3H3. The summed E-state index contributed by atoms with van der Waals surface area (Å²) in [5, 5.41) is 0. The number of hydrogen-bond acceptors (Lipinski definition) is 6. The molecule has 3 rings (SSSR count). The SMILES string of the molecule is COCCN(CC(=O)N(Cc1ccc2c(c1)OCO2)Cc1ccco1)C(=O)CC(C)C. The molecule has 1 aliphatic rings. The van der Waals surface area contributed by atoms with Gasteiger partial charge in [0.05, 0.1) is 26.0 Å². The Hall–Kier alpha value is -3.00. The first-order valence-corrected chi connectivity index (χ1v) is 10.4. The molecule has 1 aromatic heterocycles. The molecule has 0 N–H and O–H groups in total. The van der Waals surface area contributed by atoms with Gasteiger partial charge in [-0.15, -0.1) is 0 Å².